The number of oxime groups is 1. The smallest absolute Gasteiger partial charge is 0.410 e. The second-order valence-electron chi connectivity index (χ2n) is 5.14. The van der Waals surface area contributed by atoms with Gasteiger partial charge in [-0.25, -0.2) is 4.79 Å². The van der Waals surface area contributed by atoms with Gasteiger partial charge >= 0.3 is 6.09 Å². The average molecular weight is 276 g/mol. The van der Waals surface area contributed by atoms with E-state index in [9.17, 15) is 4.79 Å². The van der Waals surface area contributed by atoms with Crippen molar-refractivity contribution in [1.82, 2.24) is 4.90 Å². The van der Waals surface area contributed by atoms with E-state index in [0.717, 1.165) is 18.4 Å². The zero-order valence-corrected chi connectivity index (χ0v) is 11.6. The molecule has 1 amide bonds. The number of likely N-dealkylation sites (tertiary alicyclic amines) is 1. The van der Waals surface area contributed by atoms with Gasteiger partial charge in [-0.05, 0) is 25.3 Å². The summed E-state index contributed by atoms with van der Waals surface area (Å²) >= 11 is 0. The first-order chi connectivity index (χ1) is 9.70. The van der Waals surface area contributed by atoms with Gasteiger partial charge in [0, 0.05) is 24.7 Å². The normalized spacial score (nSPS) is 22.9. The van der Waals surface area contributed by atoms with Gasteiger partial charge in [-0.2, -0.15) is 0 Å². The third-order valence-electron chi connectivity index (χ3n) is 3.64. The molecule has 0 unspecified atom stereocenters. The molecule has 1 aromatic rings. The lowest BCUT2D eigenvalue weighted by Gasteiger charge is -2.35. The zero-order valence-electron chi connectivity index (χ0n) is 11.6. The van der Waals surface area contributed by atoms with Gasteiger partial charge < -0.3 is 14.8 Å². The number of carbonyl (C=O) groups excluding carboxylic acids is 1. The van der Waals surface area contributed by atoms with Gasteiger partial charge in [0.2, 0.25) is 0 Å². The number of nitrogens with zero attached hydrogens (tertiary/aromatic N) is 2. The number of ether oxygens (including phenoxy) is 1. The van der Waals surface area contributed by atoms with Crippen LogP contribution in [0, 0.1) is 5.92 Å². The highest BCUT2D eigenvalue weighted by Crippen LogP contribution is 2.21. The van der Waals surface area contributed by atoms with Crippen molar-refractivity contribution in [2.24, 2.45) is 11.1 Å². The molecule has 0 saturated carbocycles. The Balaban J connectivity index is 1.90. The molecule has 2 rings (SSSR count). The van der Waals surface area contributed by atoms with Crippen LogP contribution in [-0.4, -0.2) is 35.0 Å². The number of piperidine rings is 1. The quantitative estimate of drug-likeness (QED) is 0.524. The topological polar surface area (TPSA) is 62.1 Å². The van der Waals surface area contributed by atoms with Crippen LogP contribution >= 0.6 is 0 Å². The minimum Gasteiger partial charge on any atom is -0.445 e. The van der Waals surface area contributed by atoms with Crippen LogP contribution in [0.25, 0.3) is 0 Å². The maximum absolute atomic E-state index is 12.1. The van der Waals surface area contributed by atoms with Crippen molar-refractivity contribution in [2.75, 3.05) is 6.54 Å². The van der Waals surface area contributed by atoms with Crippen molar-refractivity contribution in [3.63, 3.8) is 0 Å². The van der Waals surface area contributed by atoms with E-state index in [0.29, 0.717) is 6.54 Å². The van der Waals surface area contributed by atoms with E-state index in [2.05, 4.69) is 5.16 Å². The molecule has 0 spiro atoms. The Morgan fingerprint density at radius 2 is 2.20 bits per heavy atom. The number of carbonyl (C=O) groups is 1. The summed E-state index contributed by atoms with van der Waals surface area (Å²) in [6, 6.07) is 9.77. The van der Waals surface area contributed by atoms with Crippen LogP contribution in [0.1, 0.15) is 25.3 Å². The van der Waals surface area contributed by atoms with E-state index in [1.807, 2.05) is 37.3 Å². The lowest BCUT2D eigenvalue weighted by atomic mass is 9.95. The molecule has 0 aliphatic carbocycles. The Labute approximate surface area is 118 Å². The van der Waals surface area contributed by atoms with E-state index >= 15 is 0 Å². The van der Waals surface area contributed by atoms with E-state index in [1.165, 1.54) is 6.21 Å². The monoisotopic (exact) mass is 276 g/mol. The Hall–Kier alpha value is -2.04. The summed E-state index contributed by atoms with van der Waals surface area (Å²) in [7, 11) is 0. The second-order valence-corrected chi connectivity index (χ2v) is 5.14. The second kappa shape index (κ2) is 6.93. The first-order valence-electron chi connectivity index (χ1n) is 6.85. The minimum atomic E-state index is -0.308. The molecule has 108 valence electrons. The molecule has 2 atom stereocenters. The number of rotatable bonds is 3. The fourth-order valence-corrected chi connectivity index (χ4v) is 2.41. The van der Waals surface area contributed by atoms with Gasteiger partial charge in [0.25, 0.3) is 0 Å². The fourth-order valence-electron chi connectivity index (χ4n) is 2.41. The van der Waals surface area contributed by atoms with Crippen molar-refractivity contribution < 1.29 is 14.7 Å². The molecule has 1 aliphatic heterocycles. The van der Waals surface area contributed by atoms with E-state index in [4.69, 9.17) is 9.94 Å². The Bertz CT molecular complexity index is 461. The van der Waals surface area contributed by atoms with Crippen molar-refractivity contribution in [2.45, 2.75) is 32.4 Å². The Kier molecular flexibility index (Phi) is 4.98. The summed E-state index contributed by atoms with van der Waals surface area (Å²) in [5.74, 6) is 0.0977. The number of hydrogen-bond acceptors (Lipinski definition) is 4. The molecule has 1 aromatic carbocycles. The number of amides is 1. The van der Waals surface area contributed by atoms with Crippen molar-refractivity contribution in [1.29, 1.82) is 0 Å². The van der Waals surface area contributed by atoms with Crippen LogP contribution in [0.2, 0.25) is 0 Å². The third kappa shape index (κ3) is 3.73. The van der Waals surface area contributed by atoms with Crippen LogP contribution in [0.3, 0.4) is 0 Å². The van der Waals surface area contributed by atoms with E-state index < -0.39 is 0 Å². The molecule has 0 aromatic heterocycles. The van der Waals surface area contributed by atoms with Gasteiger partial charge in [-0.15, -0.1) is 5.16 Å². The molecule has 20 heavy (non-hydrogen) atoms. The summed E-state index contributed by atoms with van der Waals surface area (Å²) < 4.78 is 5.34. The molecular formula is C15H20N2O3. The van der Waals surface area contributed by atoms with Crippen LogP contribution in [0.15, 0.2) is 35.5 Å². The SMILES string of the molecule is C[C@@H]1CC[C@@H](/C=N/O)CN1C(=O)OCc1ccccc1. The summed E-state index contributed by atoms with van der Waals surface area (Å²) in [5.41, 5.74) is 0.971. The predicted octanol–water partition coefficient (Wildman–Crippen LogP) is 2.88. The molecule has 1 heterocycles. The maximum Gasteiger partial charge on any atom is 0.410 e. The highest BCUT2D eigenvalue weighted by molar-refractivity contribution is 5.70. The molecule has 1 N–H and O–H groups in total. The summed E-state index contributed by atoms with van der Waals surface area (Å²) in [6.07, 6.45) is 2.99. The summed E-state index contributed by atoms with van der Waals surface area (Å²) in [6.45, 7) is 2.83. The molecular weight excluding hydrogens is 256 g/mol. The van der Waals surface area contributed by atoms with E-state index in [-0.39, 0.29) is 24.7 Å². The van der Waals surface area contributed by atoms with E-state index in [1.54, 1.807) is 4.90 Å². The maximum atomic E-state index is 12.1. The van der Waals surface area contributed by atoms with Crippen LogP contribution in [-0.2, 0) is 11.3 Å². The van der Waals surface area contributed by atoms with Crippen molar-refractivity contribution in [3.05, 3.63) is 35.9 Å². The van der Waals surface area contributed by atoms with Gasteiger partial charge in [-0.1, -0.05) is 30.3 Å². The molecule has 0 bridgehead atoms. The molecule has 5 nitrogen and oxygen atoms in total. The largest absolute Gasteiger partial charge is 0.445 e. The van der Waals surface area contributed by atoms with Gasteiger partial charge in [0.15, 0.2) is 0 Å². The standard InChI is InChI=1S/C15H20N2O3/c1-12-7-8-14(9-16-19)10-17(12)15(18)20-11-13-5-3-2-4-6-13/h2-6,9,12,14,19H,7-8,10-11H2,1H3/b16-9+/t12-,14+/m1/s1. The van der Waals surface area contributed by atoms with Crippen LogP contribution in [0.4, 0.5) is 4.79 Å². The minimum absolute atomic E-state index is 0.0977. The Morgan fingerprint density at radius 1 is 1.45 bits per heavy atom. The van der Waals surface area contributed by atoms with Crippen LogP contribution in [0.5, 0.6) is 0 Å². The molecule has 1 aliphatic rings. The molecule has 1 fully saturated rings. The highest BCUT2D eigenvalue weighted by atomic mass is 16.6. The molecule has 1 saturated heterocycles. The van der Waals surface area contributed by atoms with Gasteiger partial charge in [0.05, 0.1) is 0 Å². The lowest BCUT2D eigenvalue weighted by molar-refractivity contribution is 0.0665. The number of hydrogen-bond donors (Lipinski definition) is 1. The molecule has 0 radical (unpaired) electrons. The fraction of sp³-hybridized carbons (Fsp3) is 0.467. The Morgan fingerprint density at radius 3 is 2.90 bits per heavy atom. The highest BCUT2D eigenvalue weighted by Gasteiger charge is 2.29. The first kappa shape index (κ1) is 14.4. The molecule has 5 heteroatoms. The van der Waals surface area contributed by atoms with Gasteiger partial charge in [-0.3, -0.25) is 0 Å². The van der Waals surface area contributed by atoms with Gasteiger partial charge in [0.1, 0.15) is 6.61 Å². The number of benzene rings is 1. The summed E-state index contributed by atoms with van der Waals surface area (Å²) in [5, 5.41) is 11.7. The van der Waals surface area contributed by atoms with Crippen molar-refractivity contribution in [3.8, 4) is 0 Å². The summed E-state index contributed by atoms with van der Waals surface area (Å²) in [4.78, 5) is 13.8. The third-order valence-corrected chi connectivity index (χ3v) is 3.64. The zero-order chi connectivity index (χ0) is 14.4. The average Bonchev–Trinajstić information content (AvgIpc) is 2.48. The first-order valence-corrected chi connectivity index (χ1v) is 6.85. The van der Waals surface area contributed by atoms with Crippen LogP contribution < -0.4 is 0 Å². The lowest BCUT2D eigenvalue weighted by Crippen LogP contribution is -2.46. The van der Waals surface area contributed by atoms with Crippen molar-refractivity contribution >= 4 is 12.3 Å². The predicted molar refractivity (Wildman–Crippen MR) is 75.8 cm³/mol.